The molecule has 0 radical (unpaired) electrons. The Bertz CT molecular complexity index is 544. The molecule has 6 heteroatoms. The van der Waals surface area contributed by atoms with Crippen molar-refractivity contribution in [2.75, 3.05) is 11.9 Å². The van der Waals surface area contributed by atoms with Crippen molar-refractivity contribution in [1.82, 2.24) is 9.59 Å². The van der Waals surface area contributed by atoms with Crippen LogP contribution < -0.4 is 10.1 Å². The van der Waals surface area contributed by atoms with Crippen LogP contribution in [0.25, 0.3) is 0 Å². The maximum Gasteiger partial charge on any atom is 0.138 e. The third kappa shape index (κ3) is 3.81. The molecule has 2 rings (SSSR count). The van der Waals surface area contributed by atoms with E-state index in [-0.39, 0.29) is 0 Å². The van der Waals surface area contributed by atoms with E-state index in [1.807, 2.05) is 25.1 Å². The molecule has 19 heavy (non-hydrogen) atoms. The number of ether oxygens (including phenoxy) is 1. The molecule has 102 valence electrons. The quantitative estimate of drug-likeness (QED) is 0.878. The zero-order chi connectivity index (χ0) is 13.7. The van der Waals surface area contributed by atoms with Crippen LogP contribution in [0.1, 0.15) is 24.6 Å². The predicted molar refractivity (Wildman–Crippen MR) is 79.2 cm³/mol. The Balaban J connectivity index is 2.00. The first kappa shape index (κ1) is 14.1. The van der Waals surface area contributed by atoms with Crippen LogP contribution in [0, 0.1) is 6.92 Å². The average molecular weight is 298 g/mol. The number of hydrogen-bond acceptors (Lipinski definition) is 5. The molecule has 0 saturated heterocycles. The van der Waals surface area contributed by atoms with Gasteiger partial charge in [0.1, 0.15) is 23.1 Å². The van der Waals surface area contributed by atoms with Crippen molar-refractivity contribution < 1.29 is 4.74 Å². The lowest BCUT2D eigenvalue weighted by Crippen LogP contribution is -2.03. The molecule has 0 spiro atoms. The first-order chi connectivity index (χ1) is 9.20. The number of rotatable bonds is 6. The number of aromatic nitrogens is 2. The number of anilines is 1. The Morgan fingerprint density at radius 3 is 3.00 bits per heavy atom. The van der Waals surface area contributed by atoms with Crippen molar-refractivity contribution in [2.45, 2.75) is 26.9 Å². The molecule has 0 amide bonds. The summed E-state index contributed by atoms with van der Waals surface area (Å²) in [6.45, 7) is 5.38. The first-order valence-electron chi connectivity index (χ1n) is 6.14. The second-order valence-electron chi connectivity index (χ2n) is 4.20. The van der Waals surface area contributed by atoms with Gasteiger partial charge in [0.15, 0.2) is 0 Å². The third-order valence-corrected chi connectivity index (χ3v) is 3.56. The third-order valence-electron chi connectivity index (χ3n) is 2.54. The molecule has 0 aliphatic heterocycles. The standard InChI is InChI=1S/C13H16ClN3OS/c1-3-6-15-13-11(16-17-19-13)8-18-12-5-4-9(2)7-10(12)14/h4-5,7,15H,3,6,8H2,1-2H3. The van der Waals surface area contributed by atoms with Crippen LogP contribution in [-0.4, -0.2) is 16.1 Å². The second-order valence-corrected chi connectivity index (χ2v) is 5.36. The van der Waals surface area contributed by atoms with E-state index in [0.717, 1.165) is 29.2 Å². The lowest BCUT2D eigenvalue weighted by atomic mass is 10.2. The molecular formula is C13H16ClN3OS. The van der Waals surface area contributed by atoms with Gasteiger partial charge in [-0.1, -0.05) is 29.1 Å². The van der Waals surface area contributed by atoms with Gasteiger partial charge in [0.25, 0.3) is 0 Å². The Labute approximate surface area is 121 Å². The van der Waals surface area contributed by atoms with Gasteiger partial charge in [0, 0.05) is 18.1 Å². The molecule has 4 nitrogen and oxygen atoms in total. The molecule has 0 atom stereocenters. The summed E-state index contributed by atoms with van der Waals surface area (Å²) >= 11 is 7.47. The summed E-state index contributed by atoms with van der Waals surface area (Å²) in [6.07, 6.45) is 1.06. The van der Waals surface area contributed by atoms with E-state index in [2.05, 4.69) is 21.8 Å². The Morgan fingerprint density at radius 2 is 2.26 bits per heavy atom. The molecule has 0 saturated carbocycles. The minimum absolute atomic E-state index is 0.366. The second kappa shape index (κ2) is 6.73. The van der Waals surface area contributed by atoms with Crippen LogP contribution in [0.4, 0.5) is 5.00 Å². The summed E-state index contributed by atoms with van der Waals surface area (Å²) in [6, 6.07) is 5.72. The molecule has 2 aromatic rings. The summed E-state index contributed by atoms with van der Waals surface area (Å²) in [5.41, 5.74) is 1.92. The molecule has 0 aliphatic rings. The van der Waals surface area contributed by atoms with Gasteiger partial charge in [-0.25, -0.2) is 0 Å². The summed E-state index contributed by atoms with van der Waals surface area (Å²) in [7, 11) is 0. The molecule has 0 bridgehead atoms. The van der Waals surface area contributed by atoms with E-state index in [1.54, 1.807) is 0 Å². The van der Waals surface area contributed by atoms with E-state index in [1.165, 1.54) is 11.5 Å². The fourth-order valence-corrected chi connectivity index (χ4v) is 2.43. The lowest BCUT2D eigenvalue weighted by Gasteiger charge is -2.08. The van der Waals surface area contributed by atoms with Gasteiger partial charge in [-0.15, -0.1) is 5.10 Å². The van der Waals surface area contributed by atoms with E-state index < -0.39 is 0 Å². The highest BCUT2D eigenvalue weighted by Crippen LogP contribution is 2.27. The number of nitrogens with zero attached hydrogens (tertiary/aromatic N) is 2. The largest absolute Gasteiger partial charge is 0.486 e. The minimum Gasteiger partial charge on any atom is -0.486 e. The van der Waals surface area contributed by atoms with Crippen LogP contribution in [0.5, 0.6) is 5.75 Å². The predicted octanol–water partition coefficient (Wildman–Crippen LogP) is 3.90. The van der Waals surface area contributed by atoms with E-state index >= 15 is 0 Å². The van der Waals surface area contributed by atoms with Gasteiger partial charge in [-0.3, -0.25) is 0 Å². The molecule has 0 unspecified atom stereocenters. The van der Waals surface area contributed by atoms with Gasteiger partial charge in [0.05, 0.1) is 5.02 Å². The fourth-order valence-electron chi connectivity index (χ4n) is 1.54. The van der Waals surface area contributed by atoms with Gasteiger partial charge >= 0.3 is 0 Å². The molecule has 1 heterocycles. The van der Waals surface area contributed by atoms with E-state index in [4.69, 9.17) is 16.3 Å². The Morgan fingerprint density at radius 1 is 1.42 bits per heavy atom. The topological polar surface area (TPSA) is 47.0 Å². The van der Waals surface area contributed by atoms with Gasteiger partial charge in [-0.05, 0) is 31.0 Å². The minimum atomic E-state index is 0.366. The van der Waals surface area contributed by atoms with Crippen molar-refractivity contribution in [2.24, 2.45) is 0 Å². The molecule has 0 aliphatic carbocycles. The lowest BCUT2D eigenvalue weighted by molar-refractivity contribution is 0.302. The van der Waals surface area contributed by atoms with Crippen LogP contribution in [0.3, 0.4) is 0 Å². The zero-order valence-electron chi connectivity index (χ0n) is 10.9. The summed E-state index contributed by atoms with van der Waals surface area (Å²) in [5.74, 6) is 0.668. The van der Waals surface area contributed by atoms with Crippen molar-refractivity contribution in [3.8, 4) is 5.75 Å². The van der Waals surface area contributed by atoms with Crippen LogP contribution >= 0.6 is 23.1 Å². The van der Waals surface area contributed by atoms with Crippen molar-refractivity contribution in [3.05, 3.63) is 34.5 Å². The molecule has 1 aromatic carbocycles. The summed E-state index contributed by atoms with van der Waals surface area (Å²) in [4.78, 5) is 0. The van der Waals surface area contributed by atoms with Crippen LogP contribution in [-0.2, 0) is 6.61 Å². The highest BCUT2D eigenvalue weighted by atomic mass is 35.5. The van der Waals surface area contributed by atoms with Crippen LogP contribution in [0.15, 0.2) is 18.2 Å². The normalized spacial score (nSPS) is 10.5. The average Bonchev–Trinajstić information content (AvgIpc) is 2.83. The molecular weight excluding hydrogens is 282 g/mol. The molecule has 1 N–H and O–H groups in total. The zero-order valence-corrected chi connectivity index (χ0v) is 12.5. The maximum absolute atomic E-state index is 6.12. The van der Waals surface area contributed by atoms with E-state index in [0.29, 0.717) is 17.4 Å². The Kier molecular flexibility index (Phi) is 4.99. The number of hydrogen-bond donors (Lipinski definition) is 1. The Hall–Kier alpha value is -1.33. The first-order valence-corrected chi connectivity index (χ1v) is 7.30. The van der Waals surface area contributed by atoms with Crippen molar-refractivity contribution >= 4 is 28.1 Å². The van der Waals surface area contributed by atoms with Gasteiger partial charge < -0.3 is 10.1 Å². The summed E-state index contributed by atoms with van der Waals surface area (Å²) < 4.78 is 9.63. The van der Waals surface area contributed by atoms with Crippen LogP contribution in [0.2, 0.25) is 5.02 Å². The maximum atomic E-state index is 6.12. The monoisotopic (exact) mass is 297 g/mol. The van der Waals surface area contributed by atoms with Gasteiger partial charge in [0.2, 0.25) is 0 Å². The number of aryl methyl sites for hydroxylation is 1. The molecule has 0 fully saturated rings. The molecule has 1 aromatic heterocycles. The van der Waals surface area contributed by atoms with E-state index in [9.17, 15) is 0 Å². The smallest absolute Gasteiger partial charge is 0.138 e. The van der Waals surface area contributed by atoms with Crippen molar-refractivity contribution in [3.63, 3.8) is 0 Å². The van der Waals surface area contributed by atoms with Crippen molar-refractivity contribution in [1.29, 1.82) is 0 Å². The SMILES string of the molecule is CCCNc1snnc1COc1ccc(C)cc1Cl. The number of benzene rings is 1. The fraction of sp³-hybridized carbons (Fsp3) is 0.385. The number of nitrogens with one attached hydrogen (secondary N) is 1. The van der Waals surface area contributed by atoms with Gasteiger partial charge in [-0.2, -0.15) is 0 Å². The summed E-state index contributed by atoms with van der Waals surface area (Å²) in [5, 5.41) is 8.93. The highest BCUT2D eigenvalue weighted by molar-refractivity contribution is 7.10. The number of halogens is 1. The highest BCUT2D eigenvalue weighted by Gasteiger charge is 2.09.